The fourth-order valence-corrected chi connectivity index (χ4v) is 7.17. The van der Waals surface area contributed by atoms with Gasteiger partial charge in [0.15, 0.2) is 0 Å². The van der Waals surface area contributed by atoms with Gasteiger partial charge in [-0.3, -0.25) is 9.69 Å². The molecule has 1 atom stereocenters. The van der Waals surface area contributed by atoms with Crippen molar-refractivity contribution in [3.05, 3.63) is 23.8 Å². The van der Waals surface area contributed by atoms with Crippen LogP contribution in [0.15, 0.2) is 23.1 Å². The second-order valence-electron chi connectivity index (χ2n) is 8.56. The Hall–Kier alpha value is -1.49. The van der Waals surface area contributed by atoms with Crippen molar-refractivity contribution in [2.75, 3.05) is 29.7 Å². The second-order valence-corrected chi connectivity index (χ2v) is 12.2. The van der Waals surface area contributed by atoms with Crippen LogP contribution >= 0.6 is 0 Å². The molecule has 1 amide bonds. The topological polar surface area (TPSA) is 104 Å². The number of anilines is 1. The lowest BCUT2D eigenvalue weighted by Crippen LogP contribution is -2.50. The van der Waals surface area contributed by atoms with E-state index in [0.717, 1.165) is 30.2 Å². The third-order valence-corrected chi connectivity index (χ3v) is 9.13. The van der Waals surface area contributed by atoms with Crippen LogP contribution in [0, 0.1) is 12.8 Å². The third-order valence-electron chi connectivity index (χ3n) is 5.70. The number of nitrogens with one attached hydrogen (secondary N) is 1. The quantitative estimate of drug-likeness (QED) is 0.714. The van der Waals surface area contributed by atoms with Gasteiger partial charge in [-0.1, -0.05) is 6.92 Å². The first kappa shape index (κ1) is 22.2. The molecule has 2 saturated heterocycles. The van der Waals surface area contributed by atoms with Crippen LogP contribution in [0.1, 0.15) is 39.2 Å². The van der Waals surface area contributed by atoms with Crippen LogP contribution in [0.2, 0.25) is 0 Å². The van der Waals surface area contributed by atoms with Gasteiger partial charge in [0.2, 0.25) is 26.0 Å². The Balaban J connectivity index is 1.81. The van der Waals surface area contributed by atoms with Gasteiger partial charge in [0, 0.05) is 12.1 Å². The van der Waals surface area contributed by atoms with Crippen LogP contribution in [0.4, 0.5) is 5.69 Å². The van der Waals surface area contributed by atoms with Crippen LogP contribution < -0.4 is 9.03 Å². The minimum Gasteiger partial charge on any atom is -0.297 e. The first-order valence-electron chi connectivity index (χ1n) is 9.77. The van der Waals surface area contributed by atoms with E-state index >= 15 is 0 Å². The minimum absolute atomic E-state index is 0.0792. The molecule has 1 unspecified atom stereocenters. The fourth-order valence-electron chi connectivity index (χ4n) is 3.93. The van der Waals surface area contributed by atoms with Crippen LogP contribution in [0.5, 0.6) is 0 Å². The first-order valence-corrected chi connectivity index (χ1v) is 12.9. The summed E-state index contributed by atoms with van der Waals surface area (Å²) in [5, 5.41) is 0. The highest BCUT2D eigenvalue weighted by atomic mass is 32.2. The normalized spacial score (nSPS) is 23.1. The molecular formula is C19H29N3O5S2. The van der Waals surface area contributed by atoms with Crippen molar-refractivity contribution < 1.29 is 21.6 Å². The lowest BCUT2D eigenvalue weighted by Gasteiger charge is -2.35. The van der Waals surface area contributed by atoms with Crippen LogP contribution in [0.3, 0.4) is 0 Å². The SMILES string of the molecule is Cc1cc(N2C(=O)C(C)CS2(=O)=O)ccc1S(=O)(=O)NCC(C)(C)N1CCCC1. The Kier molecular flexibility index (Phi) is 5.85. The molecule has 2 heterocycles. The maximum absolute atomic E-state index is 12.9. The predicted molar refractivity (Wildman–Crippen MR) is 112 cm³/mol. The number of benzene rings is 1. The Labute approximate surface area is 173 Å². The summed E-state index contributed by atoms with van der Waals surface area (Å²) < 4.78 is 53.8. The van der Waals surface area contributed by atoms with Gasteiger partial charge < -0.3 is 0 Å². The van der Waals surface area contributed by atoms with E-state index in [-0.39, 0.29) is 28.4 Å². The summed E-state index contributed by atoms with van der Waals surface area (Å²) in [4.78, 5) is 14.6. The van der Waals surface area contributed by atoms with Crippen LogP contribution in [-0.2, 0) is 24.8 Å². The largest absolute Gasteiger partial charge is 0.297 e. The highest BCUT2D eigenvalue weighted by Gasteiger charge is 2.42. The summed E-state index contributed by atoms with van der Waals surface area (Å²) in [5.41, 5.74) is 0.258. The van der Waals surface area contributed by atoms with Crippen molar-refractivity contribution >= 4 is 31.6 Å². The van der Waals surface area contributed by atoms with Crippen molar-refractivity contribution in [2.45, 2.75) is 51.0 Å². The monoisotopic (exact) mass is 443 g/mol. The molecule has 0 spiro atoms. The number of hydrogen-bond donors (Lipinski definition) is 1. The average molecular weight is 444 g/mol. The van der Waals surface area contributed by atoms with E-state index in [1.165, 1.54) is 18.2 Å². The Morgan fingerprint density at radius 1 is 1.21 bits per heavy atom. The van der Waals surface area contributed by atoms with Crippen LogP contribution in [0.25, 0.3) is 0 Å². The lowest BCUT2D eigenvalue weighted by atomic mass is 10.0. The van der Waals surface area contributed by atoms with Gasteiger partial charge in [-0.25, -0.2) is 25.9 Å². The van der Waals surface area contributed by atoms with Crippen molar-refractivity contribution in [3.8, 4) is 0 Å². The zero-order valence-corrected chi connectivity index (χ0v) is 18.9. The summed E-state index contributed by atoms with van der Waals surface area (Å²) >= 11 is 0. The number of aryl methyl sites for hydroxylation is 1. The molecule has 2 aliphatic rings. The molecule has 2 aliphatic heterocycles. The number of nitrogens with zero attached hydrogens (tertiary/aromatic N) is 2. The molecule has 0 saturated carbocycles. The number of amides is 1. The van der Waals surface area contributed by atoms with Crippen LogP contribution in [-0.4, -0.2) is 58.6 Å². The Morgan fingerprint density at radius 2 is 1.83 bits per heavy atom. The molecule has 10 heteroatoms. The summed E-state index contributed by atoms with van der Waals surface area (Å²) in [5.74, 6) is -1.35. The summed E-state index contributed by atoms with van der Waals surface area (Å²) in [6, 6.07) is 4.18. The van der Waals surface area contributed by atoms with Gasteiger partial charge in [0.05, 0.1) is 22.3 Å². The Morgan fingerprint density at radius 3 is 2.34 bits per heavy atom. The first-order chi connectivity index (χ1) is 13.3. The molecule has 0 aliphatic carbocycles. The zero-order chi connectivity index (χ0) is 21.6. The number of carbonyl (C=O) groups excluding carboxylic acids is 1. The third kappa shape index (κ3) is 4.35. The van der Waals surface area contributed by atoms with Crippen molar-refractivity contribution in [1.82, 2.24) is 9.62 Å². The molecule has 0 aromatic heterocycles. The molecule has 0 bridgehead atoms. The number of rotatable bonds is 6. The molecule has 2 fully saturated rings. The van der Waals surface area contributed by atoms with E-state index in [0.29, 0.717) is 5.56 Å². The number of likely N-dealkylation sites (tertiary alicyclic amines) is 1. The van der Waals surface area contributed by atoms with E-state index in [2.05, 4.69) is 9.62 Å². The molecule has 1 aromatic rings. The highest BCUT2D eigenvalue weighted by molar-refractivity contribution is 7.94. The van der Waals surface area contributed by atoms with E-state index < -0.39 is 31.9 Å². The molecule has 8 nitrogen and oxygen atoms in total. The summed E-state index contributed by atoms with van der Waals surface area (Å²) in [6.07, 6.45) is 2.24. The van der Waals surface area contributed by atoms with E-state index in [9.17, 15) is 21.6 Å². The molecule has 0 radical (unpaired) electrons. The zero-order valence-electron chi connectivity index (χ0n) is 17.3. The van der Waals surface area contributed by atoms with E-state index in [4.69, 9.17) is 0 Å². The van der Waals surface area contributed by atoms with Gasteiger partial charge in [0.25, 0.3) is 0 Å². The summed E-state index contributed by atoms with van der Waals surface area (Å²) in [7, 11) is -7.51. The van der Waals surface area contributed by atoms with Gasteiger partial charge in [-0.2, -0.15) is 0 Å². The number of carbonyl (C=O) groups is 1. The van der Waals surface area contributed by atoms with E-state index in [1.807, 2.05) is 13.8 Å². The van der Waals surface area contributed by atoms with Gasteiger partial charge in [-0.05, 0) is 70.5 Å². The average Bonchev–Trinajstić information content (AvgIpc) is 3.21. The number of hydrogen-bond acceptors (Lipinski definition) is 6. The molecule has 1 N–H and O–H groups in total. The predicted octanol–water partition coefficient (Wildman–Crippen LogP) is 1.46. The van der Waals surface area contributed by atoms with Crippen molar-refractivity contribution in [2.24, 2.45) is 5.92 Å². The molecule has 29 heavy (non-hydrogen) atoms. The molecule has 1 aromatic carbocycles. The van der Waals surface area contributed by atoms with Gasteiger partial charge in [-0.15, -0.1) is 0 Å². The maximum atomic E-state index is 12.9. The maximum Gasteiger partial charge on any atom is 0.244 e. The molecular weight excluding hydrogens is 414 g/mol. The fraction of sp³-hybridized carbons (Fsp3) is 0.632. The van der Waals surface area contributed by atoms with Gasteiger partial charge >= 0.3 is 0 Å². The lowest BCUT2D eigenvalue weighted by molar-refractivity contribution is -0.119. The molecule has 3 rings (SSSR count). The second kappa shape index (κ2) is 7.64. The standard InChI is InChI=1S/C19H29N3O5S2/c1-14-11-16(22-18(23)15(2)12-28(22,24)25)7-8-17(14)29(26,27)20-13-19(3,4)21-9-5-6-10-21/h7-8,11,15,20H,5-6,9-10,12-13H2,1-4H3. The molecule has 162 valence electrons. The van der Waals surface area contributed by atoms with Crippen molar-refractivity contribution in [3.63, 3.8) is 0 Å². The number of sulfonamides is 2. The Bertz CT molecular complexity index is 1010. The summed E-state index contributed by atoms with van der Waals surface area (Å²) in [6.45, 7) is 9.38. The van der Waals surface area contributed by atoms with Crippen molar-refractivity contribution in [1.29, 1.82) is 0 Å². The smallest absolute Gasteiger partial charge is 0.244 e. The highest BCUT2D eigenvalue weighted by Crippen LogP contribution is 2.31. The van der Waals surface area contributed by atoms with E-state index in [1.54, 1.807) is 13.8 Å². The minimum atomic E-state index is -3.78. The van der Waals surface area contributed by atoms with Gasteiger partial charge in [0.1, 0.15) is 0 Å².